The van der Waals surface area contributed by atoms with E-state index in [0.29, 0.717) is 22.6 Å². The van der Waals surface area contributed by atoms with E-state index in [1.807, 2.05) is 13.8 Å². The smallest absolute Gasteiger partial charge is 0.416 e. The number of rotatable bonds is 7. The highest BCUT2D eigenvalue weighted by atomic mass is 19.4. The van der Waals surface area contributed by atoms with Crippen LogP contribution in [0.3, 0.4) is 0 Å². The molecule has 1 aliphatic heterocycles. The average Bonchev–Trinajstić information content (AvgIpc) is 3.16. The van der Waals surface area contributed by atoms with Gasteiger partial charge in [0.1, 0.15) is 17.3 Å². The fourth-order valence-corrected chi connectivity index (χ4v) is 4.73. The van der Waals surface area contributed by atoms with Crippen LogP contribution in [0.25, 0.3) is 5.76 Å². The molecule has 1 amide bonds. The molecule has 1 N–H and O–H groups in total. The van der Waals surface area contributed by atoms with Gasteiger partial charge < -0.3 is 19.5 Å². The molecule has 39 heavy (non-hydrogen) atoms. The fraction of sp³-hybridized carbons (Fsp3) is 0.267. The van der Waals surface area contributed by atoms with Crippen LogP contribution < -0.4 is 9.47 Å². The molecule has 9 heteroatoms. The molecule has 0 spiro atoms. The van der Waals surface area contributed by atoms with E-state index in [-0.39, 0.29) is 23.6 Å². The molecular weight excluding hydrogens is 511 g/mol. The summed E-state index contributed by atoms with van der Waals surface area (Å²) in [5.74, 6) is -1.17. The van der Waals surface area contributed by atoms with E-state index in [1.54, 1.807) is 42.5 Å². The minimum Gasteiger partial charge on any atom is -0.507 e. The first-order valence-corrected chi connectivity index (χ1v) is 12.2. The van der Waals surface area contributed by atoms with Crippen molar-refractivity contribution in [3.05, 3.63) is 100 Å². The molecule has 204 valence electrons. The van der Waals surface area contributed by atoms with Crippen LogP contribution in [0.4, 0.5) is 13.2 Å². The third-order valence-electron chi connectivity index (χ3n) is 6.68. The Labute approximate surface area is 224 Å². The number of halogens is 3. The summed E-state index contributed by atoms with van der Waals surface area (Å²) >= 11 is 0. The first-order chi connectivity index (χ1) is 18.5. The molecule has 3 aromatic rings. The molecule has 0 aliphatic carbocycles. The molecule has 1 aliphatic rings. The van der Waals surface area contributed by atoms with Crippen LogP contribution in [-0.2, 0) is 22.3 Å². The van der Waals surface area contributed by atoms with Gasteiger partial charge in [0.25, 0.3) is 11.7 Å². The Morgan fingerprint density at radius 1 is 0.974 bits per heavy atom. The number of hydrogen-bond donors (Lipinski definition) is 1. The van der Waals surface area contributed by atoms with E-state index in [1.165, 1.54) is 31.3 Å². The van der Waals surface area contributed by atoms with E-state index in [0.717, 1.165) is 17.7 Å². The highest BCUT2D eigenvalue weighted by Gasteiger charge is 2.46. The maximum atomic E-state index is 13.4. The molecule has 1 fully saturated rings. The van der Waals surface area contributed by atoms with Crippen LogP contribution in [0.1, 0.15) is 53.6 Å². The maximum absolute atomic E-state index is 13.4. The number of ether oxygens (including phenoxy) is 2. The molecule has 6 nitrogen and oxygen atoms in total. The van der Waals surface area contributed by atoms with E-state index >= 15 is 0 Å². The van der Waals surface area contributed by atoms with Crippen molar-refractivity contribution in [3.63, 3.8) is 0 Å². The fourth-order valence-electron chi connectivity index (χ4n) is 4.73. The Morgan fingerprint density at radius 2 is 1.69 bits per heavy atom. The zero-order valence-corrected chi connectivity index (χ0v) is 21.9. The van der Waals surface area contributed by atoms with Crippen molar-refractivity contribution in [2.24, 2.45) is 0 Å². The third-order valence-corrected chi connectivity index (χ3v) is 6.68. The summed E-state index contributed by atoms with van der Waals surface area (Å²) in [5, 5.41) is 11.4. The molecule has 1 unspecified atom stereocenters. The molecule has 0 saturated carbocycles. The Balaban J connectivity index is 1.88. The number of hydrogen-bond acceptors (Lipinski definition) is 5. The van der Waals surface area contributed by atoms with Gasteiger partial charge in [0.15, 0.2) is 0 Å². The first kappa shape index (κ1) is 27.8. The second-order valence-corrected chi connectivity index (χ2v) is 9.51. The topological polar surface area (TPSA) is 76.1 Å². The Hall–Kier alpha value is -4.27. The Bertz CT molecular complexity index is 1440. The zero-order valence-electron chi connectivity index (χ0n) is 21.9. The second kappa shape index (κ2) is 10.8. The quantitative estimate of drug-likeness (QED) is 0.212. The number of likely N-dealkylation sites (tertiary alicyclic amines) is 1. The van der Waals surface area contributed by atoms with Crippen molar-refractivity contribution in [1.82, 2.24) is 4.90 Å². The molecule has 4 rings (SSSR count). The van der Waals surface area contributed by atoms with Gasteiger partial charge in [-0.2, -0.15) is 13.2 Å². The minimum absolute atomic E-state index is 0.0326. The van der Waals surface area contributed by atoms with E-state index in [9.17, 15) is 27.9 Å². The van der Waals surface area contributed by atoms with Crippen LogP contribution in [-0.4, -0.2) is 35.9 Å². The lowest BCUT2D eigenvalue weighted by Gasteiger charge is -2.26. The molecule has 3 aromatic carbocycles. The number of nitrogens with zero attached hydrogens (tertiary/aromatic N) is 1. The first-order valence-electron chi connectivity index (χ1n) is 12.2. The van der Waals surface area contributed by atoms with E-state index in [4.69, 9.17) is 9.47 Å². The molecule has 0 radical (unpaired) electrons. The number of alkyl halides is 3. The van der Waals surface area contributed by atoms with E-state index < -0.39 is 35.2 Å². The van der Waals surface area contributed by atoms with Crippen LogP contribution in [0, 0.1) is 0 Å². The number of carbonyl (C=O) groups is 2. The van der Waals surface area contributed by atoms with Crippen molar-refractivity contribution < 1.29 is 37.3 Å². The molecular formula is C30H28F3NO5. The molecule has 1 heterocycles. The number of benzene rings is 3. The summed E-state index contributed by atoms with van der Waals surface area (Å²) < 4.78 is 50.8. The lowest BCUT2D eigenvalue weighted by atomic mass is 9.93. The van der Waals surface area contributed by atoms with Gasteiger partial charge in [-0.25, -0.2) is 0 Å². The van der Waals surface area contributed by atoms with Crippen LogP contribution >= 0.6 is 0 Å². The van der Waals surface area contributed by atoms with Gasteiger partial charge in [0, 0.05) is 12.1 Å². The van der Waals surface area contributed by atoms with Crippen LogP contribution in [0.2, 0.25) is 0 Å². The summed E-state index contributed by atoms with van der Waals surface area (Å²) in [7, 11) is 2.99. The minimum atomic E-state index is -4.57. The maximum Gasteiger partial charge on any atom is 0.416 e. The lowest BCUT2D eigenvalue weighted by Crippen LogP contribution is -2.29. The van der Waals surface area contributed by atoms with Gasteiger partial charge in [-0.1, -0.05) is 38.1 Å². The largest absolute Gasteiger partial charge is 0.507 e. The number of aliphatic hydroxyl groups is 1. The summed E-state index contributed by atoms with van der Waals surface area (Å²) in [4.78, 5) is 27.9. The second-order valence-electron chi connectivity index (χ2n) is 9.51. The van der Waals surface area contributed by atoms with Gasteiger partial charge in [-0.15, -0.1) is 0 Å². The van der Waals surface area contributed by atoms with Crippen molar-refractivity contribution in [2.75, 3.05) is 14.2 Å². The van der Waals surface area contributed by atoms with Crippen LogP contribution in [0.15, 0.2) is 72.3 Å². The summed E-state index contributed by atoms with van der Waals surface area (Å²) in [6.45, 7) is 3.62. The number of ketones is 1. The summed E-state index contributed by atoms with van der Waals surface area (Å²) in [6, 6.07) is 15.1. The van der Waals surface area contributed by atoms with Crippen molar-refractivity contribution >= 4 is 17.4 Å². The number of amides is 1. The van der Waals surface area contributed by atoms with Gasteiger partial charge in [0.05, 0.1) is 31.4 Å². The third kappa shape index (κ3) is 5.48. The number of carbonyl (C=O) groups excluding carboxylic acids is 2. The monoisotopic (exact) mass is 539 g/mol. The SMILES string of the molecule is COc1cccc(C2/C(=C(/O)c3ccc(OC)c(C(C)C)c3)C(=O)C(=O)N2Cc2cccc(C(F)(F)F)c2)c1. The average molecular weight is 540 g/mol. The Morgan fingerprint density at radius 3 is 2.33 bits per heavy atom. The van der Waals surface area contributed by atoms with Crippen molar-refractivity contribution in [3.8, 4) is 11.5 Å². The standard InChI is InChI=1S/C30H28F3NO5/c1-17(2)23-15-20(11-12-24(23)39-4)27(35)25-26(19-8-6-10-22(14-19)38-3)34(29(37)28(25)36)16-18-7-5-9-21(13-18)30(31,32)33/h5-15,17,26,35H,16H2,1-4H3/b27-25-. The molecule has 1 atom stereocenters. The Kier molecular flexibility index (Phi) is 7.72. The van der Waals surface area contributed by atoms with E-state index in [2.05, 4.69) is 0 Å². The predicted molar refractivity (Wildman–Crippen MR) is 139 cm³/mol. The number of Topliss-reactive ketones (excluding diaryl/α,β-unsaturated/α-hetero) is 1. The summed E-state index contributed by atoms with van der Waals surface area (Å²) in [6.07, 6.45) is -4.57. The summed E-state index contributed by atoms with van der Waals surface area (Å²) in [5.41, 5.74) is 0.710. The van der Waals surface area contributed by atoms with Gasteiger partial charge in [-0.3, -0.25) is 9.59 Å². The van der Waals surface area contributed by atoms with Gasteiger partial charge >= 0.3 is 6.18 Å². The molecule has 1 saturated heterocycles. The highest BCUT2D eigenvalue weighted by molar-refractivity contribution is 6.46. The lowest BCUT2D eigenvalue weighted by molar-refractivity contribution is -0.140. The van der Waals surface area contributed by atoms with Gasteiger partial charge in [0.2, 0.25) is 0 Å². The number of methoxy groups -OCH3 is 2. The van der Waals surface area contributed by atoms with Crippen molar-refractivity contribution in [2.45, 2.75) is 38.5 Å². The predicted octanol–water partition coefficient (Wildman–Crippen LogP) is 6.47. The number of aliphatic hydroxyl groups excluding tert-OH is 1. The molecule has 0 aromatic heterocycles. The van der Waals surface area contributed by atoms with Gasteiger partial charge in [-0.05, 0) is 65.1 Å². The zero-order chi connectivity index (χ0) is 28.5. The van der Waals surface area contributed by atoms with Crippen LogP contribution in [0.5, 0.6) is 11.5 Å². The highest BCUT2D eigenvalue weighted by Crippen LogP contribution is 2.42. The molecule has 0 bridgehead atoms. The van der Waals surface area contributed by atoms with Crippen molar-refractivity contribution in [1.29, 1.82) is 0 Å². The normalized spacial score (nSPS) is 17.1.